The lowest BCUT2D eigenvalue weighted by molar-refractivity contribution is 0.00706. The Labute approximate surface area is 242 Å². The minimum atomic E-state index is -0.666. The van der Waals surface area contributed by atoms with Crippen LogP contribution >= 0.6 is 11.6 Å². The number of rotatable bonds is 5. The van der Waals surface area contributed by atoms with Gasteiger partial charge in [0.15, 0.2) is 11.8 Å². The molecule has 5 atom stereocenters. The van der Waals surface area contributed by atoms with Gasteiger partial charge in [0.05, 0.1) is 29.8 Å². The standard InChI is InChI=1S/C27H29ClFN5O5.C2H6/c28-15-10-18-25(33-27(31-18)39-20-12-38-22-19(35)11-37-23(20)22)32-24(15)30-17-5-4-13-8-14(9-16(29)21(13)17)26(36)34-6-2-1-3-7-34;1-2/h8-10,17,19-20,22-23,35H,1-7,11-12H2,(H2,30,31,32,33);1-2H3/t17?,19-,20-,22-,23-;/m1./s1. The largest absolute Gasteiger partial charge is 0.456 e. The molecule has 10 nitrogen and oxygen atoms in total. The van der Waals surface area contributed by atoms with Crippen LogP contribution in [0.25, 0.3) is 11.2 Å². The fraction of sp³-hybridized carbons (Fsp3) is 0.552. The normalized spacial score (nSPS) is 26.9. The molecule has 220 valence electrons. The number of hydrogen-bond donors (Lipinski definition) is 3. The van der Waals surface area contributed by atoms with Crippen LogP contribution in [0.15, 0.2) is 18.2 Å². The molecule has 0 spiro atoms. The Kier molecular flexibility index (Phi) is 8.04. The van der Waals surface area contributed by atoms with Crippen LogP contribution in [0, 0.1) is 5.82 Å². The molecule has 41 heavy (non-hydrogen) atoms. The Balaban J connectivity index is 0.00000148. The second-order valence-corrected chi connectivity index (χ2v) is 11.1. The highest BCUT2D eigenvalue weighted by Crippen LogP contribution is 2.38. The van der Waals surface area contributed by atoms with Crippen LogP contribution in [0.3, 0.4) is 0 Å². The number of aliphatic hydroxyl groups excluding tert-OH is 1. The summed E-state index contributed by atoms with van der Waals surface area (Å²) in [6, 6.07) is 4.79. The van der Waals surface area contributed by atoms with Crippen molar-refractivity contribution in [1.29, 1.82) is 0 Å². The number of aromatic amines is 1. The van der Waals surface area contributed by atoms with Crippen LogP contribution in [-0.2, 0) is 15.9 Å². The number of likely N-dealkylation sites (tertiary alicyclic amines) is 1. The number of ether oxygens (including phenoxy) is 3. The van der Waals surface area contributed by atoms with Crippen molar-refractivity contribution < 1.29 is 28.5 Å². The van der Waals surface area contributed by atoms with Gasteiger partial charge in [-0.2, -0.15) is 4.98 Å². The third-order valence-corrected chi connectivity index (χ3v) is 8.41. The lowest BCUT2D eigenvalue weighted by Crippen LogP contribution is -2.35. The van der Waals surface area contributed by atoms with Gasteiger partial charge >= 0.3 is 0 Å². The summed E-state index contributed by atoms with van der Waals surface area (Å²) in [4.78, 5) is 26.8. The monoisotopic (exact) mass is 587 g/mol. The Morgan fingerprint density at radius 2 is 1.93 bits per heavy atom. The summed E-state index contributed by atoms with van der Waals surface area (Å²) < 4.78 is 32.5. The number of fused-ring (bicyclic) bond motifs is 3. The molecule has 1 aromatic carbocycles. The highest BCUT2D eigenvalue weighted by atomic mass is 35.5. The number of nitrogens with zero attached hydrogens (tertiary/aromatic N) is 3. The van der Waals surface area contributed by atoms with Crippen LogP contribution < -0.4 is 10.1 Å². The van der Waals surface area contributed by atoms with E-state index in [0.29, 0.717) is 46.0 Å². The zero-order valence-electron chi connectivity index (χ0n) is 23.2. The van der Waals surface area contributed by atoms with Gasteiger partial charge in [-0.3, -0.25) is 4.79 Å². The van der Waals surface area contributed by atoms with Crippen molar-refractivity contribution in [1.82, 2.24) is 19.9 Å². The SMILES string of the molecule is CC.O=C(c1cc(F)c2c(c1)CCC2Nc1nc2nc(O[C@@H]3CO[C@H]4[C@@H]3OC[C@H]4O)[nH]c2cc1Cl)N1CCCCC1. The fourth-order valence-electron chi connectivity index (χ4n) is 6.17. The Morgan fingerprint density at radius 1 is 1.15 bits per heavy atom. The third-order valence-electron chi connectivity index (χ3n) is 8.12. The lowest BCUT2D eigenvalue weighted by atomic mass is 10.0. The molecule has 1 aliphatic carbocycles. The summed E-state index contributed by atoms with van der Waals surface area (Å²) in [7, 11) is 0. The van der Waals surface area contributed by atoms with Gasteiger partial charge in [-0.15, -0.1) is 0 Å². The molecule has 1 amide bonds. The topological polar surface area (TPSA) is 122 Å². The zero-order valence-corrected chi connectivity index (χ0v) is 23.9. The molecule has 0 radical (unpaired) electrons. The maximum absolute atomic E-state index is 15.4. The van der Waals surface area contributed by atoms with Gasteiger partial charge in [0.25, 0.3) is 11.9 Å². The summed E-state index contributed by atoms with van der Waals surface area (Å²) >= 11 is 6.54. The van der Waals surface area contributed by atoms with Gasteiger partial charge in [0.1, 0.15) is 29.9 Å². The number of carbonyl (C=O) groups is 1. The predicted octanol–water partition coefficient (Wildman–Crippen LogP) is 4.41. The number of imidazole rings is 1. The molecule has 0 bridgehead atoms. The molecule has 3 aromatic rings. The minimum Gasteiger partial charge on any atom is -0.456 e. The van der Waals surface area contributed by atoms with Gasteiger partial charge in [0, 0.05) is 24.2 Å². The Morgan fingerprint density at radius 3 is 2.73 bits per heavy atom. The first kappa shape index (κ1) is 28.1. The average molecular weight is 588 g/mol. The number of aryl methyl sites for hydroxylation is 1. The van der Waals surface area contributed by atoms with Gasteiger partial charge < -0.3 is 34.5 Å². The van der Waals surface area contributed by atoms with Crippen molar-refractivity contribution in [3.8, 4) is 6.01 Å². The number of aromatic nitrogens is 3. The number of aliphatic hydroxyl groups is 1. The highest BCUT2D eigenvalue weighted by molar-refractivity contribution is 6.33. The van der Waals surface area contributed by atoms with Crippen LogP contribution in [0.2, 0.25) is 5.02 Å². The summed E-state index contributed by atoms with van der Waals surface area (Å²) in [6.45, 7) is 5.94. The van der Waals surface area contributed by atoms with Crippen molar-refractivity contribution in [3.63, 3.8) is 0 Å². The molecular weight excluding hydrogens is 553 g/mol. The van der Waals surface area contributed by atoms with E-state index < -0.39 is 24.1 Å². The van der Waals surface area contributed by atoms with E-state index in [9.17, 15) is 9.90 Å². The quantitative estimate of drug-likeness (QED) is 0.401. The van der Waals surface area contributed by atoms with E-state index in [1.54, 1.807) is 6.07 Å². The molecule has 3 saturated heterocycles. The number of piperidine rings is 1. The van der Waals surface area contributed by atoms with E-state index in [2.05, 4.69) is 20.3 Å². The maximum atomic E-state index is 15.4. The minimum absolute atomic E-state index is 0.102. The first-order chi connectivity index (χ1) is 19.9. The number of pyridine rings is 1. The van der Waals surface area contributed by atoms with Gasteiger partial charge in [0.2, 0.25) is 0 Å². The number of anilines is 1. The molecule has 12 heteroatoms. The molecule has 0 saturated carbocycles. The summed E-state index contributed by atoms with van der Waals surface area (Å²) in [5.74, 6) is -0.110. The number of H-pyrrole nitrogens is 1. The summed E-state index contributed by atoms with van der Waals surface area (Å²) in [5, 5.41) is 13.6. The lowest BCUT2D eigenvalue weighted by Gasteiger charge is -2.27. The van der Waals surface area contributed by atoms with Crippen LogP contribution in [-0.4, -0.2) is 81.6 Å². The van der Waals surface area contributed by atoms with E-state index in [4.69, 9.17) is 25.8 Å². The zero-order chi connectivity index (χ0) is 28.7. The third kappa shape index (κ3) is 5.36. The van der Waals surface area contributed by atoms with Gasteiger partial charge in [-0.1, -0.05) is 25.4 Å². The number of carbonyl (C=O) groups excluding carboxylic acids is 1. The molecule has 5 heterocycles. The van der Waals surface area contributed by atoms with Gasteiger partial charge in [-0.25, -0.2) is 9.37 Å². The molecule has 3 fully saturated rings. The molecule has 7 rings (SSSR count). The Bertz CT molecular complexity index is 1430. The van der Waals surface area contributed by atoms with Crippen molar-refractivity contribution >= 4 is 34.5 Å². The number of benzene rings is 1. The van der Waals surface area contributed by atoms with Crippen molar-refractivity contribution in [2.75, 3.05) is 31.6 Å². The number of hydrogen-bond acceptors (Lipinski definition) is 8. The second kappa shape index (κ2) is 11.7. The number of nitrogens with one attached hydrogen (secondary N) is 2. The first-order valence-corrected chi connectivity index (χ1v) is 14.8. The highest BCUT2D eigenvalue weighted by Gasteiger charge is 2.48. The van der Waals surface area contributed by atoms with E-state index in [1.165, 1.54) is 6.07 Å². The van der Waals surface area contributed by atoms with Crippen molar-refractivity contribution in [2.24, 2.45) is 0 Å². The maximum Gasteiger partial charge on any atom is 0.296 e. The average Bonchev–Trinajstić information content (AvgIpc) is 3.76. The predicted molar refractivity (Wildman–Crippen MR) is 151 cm³/mol. The number of halogens is 2. The molecule has 1 unspecified atom stereocenters. The van der Waals surface area contributed by atoms with E-state index >= 15 is 4.39 Å². The second-order valence-electron chi connectivity index (χ2n) is 10.7. The molecular formula is C29H35ClFN5O5. The number of amides is 1. The molecule has 3 aliphatic heterocycles. The summed E-state index contributed by atoms with van der Waals surface area (Å²) in [5.41, 5.74) is 2.76. The molecule has 2 aromatic heterocycles. The van der Waals surface area contributed by atoms with E-state index in [0.717, 1.165) is 37.9 Å². The molecule has 3 N–H and O–H groups in total. The van der Waals surface area contributed by atoms with Crippen molar-refractivity contribution in [3.05, 3.63) is 45.7 Å². The van der Waals surface area contributed by atoms with Crippen LogP contribution in [0.1, 0.15) is 67.1 Å². The first-order valence-electron chi connectivity index (χ1n) is 14.5. The smallest absolute Gasteiger partial charge is 0.296 e. The molecule has 4 aliphatic rings. The Hall–Kier alpha value is -2.99. The van der Waals surface area contributed by atoms with E-state index in [-0.39, 0.29) is 37.3 Å². The van der Waals surface area contributed by atoms with Crippen LogP contribution in [0.4, 0.5) is 10.2 Å². The summed E-state index contributed by atoms with van der Waals surface area (Å²) in [6.07, 6.45) is 2.55. The fourth-order valence-corrected chi connectivity index (χ4v) is 6.38. The van der Waals surface area contributed by atoms with Gasteiger partial charge in [-0.05, 0) is 55.9 Å². The van der Waals surface area contributed by atoms with Crippen molar-refractivity contribution in [2.45, 2.75) is 76.4 Å². The van der Waals surface area contributed by atoms with E-state index in [1.807, 2.05) is 24.8 Å². The van der Waals surface area contributed by atoms with Crippen LogP contribution in [0.5, 0.6) is 6.01 Å².